The lowest BCUT2D eigenvalue weighted by atomic mass is 10.0. The summed E-state index contributed by atoms with van der Waals surface area (Å²) < 4.78 is 12.0. The molecule has 0 radical (unpaired) electrons. The predicted octanol–water partition coefficient (Wildman–Crippen LogP) is 5.97. The zero-order valence-electron chi connectivity index (χ0n) is 19.7. The molecule has 1 fully saturated rings. The fraction of sp³-hybridized carbons (Fsp3) is 0.148. The number of halogens is 2. The van der Waals surface area contributed by atoms with E-state index in [0.29, 0.717) is 32.2 Å². The highest BCUT2D eigenvalue weighted by Gasteiger charge is 2.37. The van der Waals surface area contributed by atoms with Crippen LogP contribution < -0.4 is 19.7 Å². The Kier molecular flexibility index (Phi) is 7.47. The molecule has 36 heavy (non-hydrogen) atoms. The van der Waals surface area contributed by atoms with Crippen molar-refractivity contribution in [3.8, 4) is 11.5 Å². The lowest BCUT2D eigenvalue weighted by Crippen LogP contribution is -2.54. The molecule has 0 aliphatic carbocycles. The van der Waals surface area contributed by atoms with Crippen molar-refractivity contribution in [2.45, 2.75) is 20.5 Å². The summed E-state index contributed by atoms with van der Waals surface area (Å²) in [6.07, 6.45) is 1.42. The molecule has 7 nitrogen and oxygen atoms in total. The number of anilines is 1. The summed E-state index contributed by atoms with van der Waals surface area (Å²) in [6.45, 7) is 3.93. The maximum absolute atomic E-state index is 13.3. The number of rotatable bonds is 6. The lowest BCUT2D eigenvalue weighted by Gasteiger charge is -2.27. The molecule has 4 rings (SSSR count). The Morgan fingerprint density at radius 2 is 1.75 bits per heavy atom. The van der Waals surface area contributed by atoms with Crippen LogP contribution in [0.25, 0.3) is 6.08 Å². The van der Waals surface area contributed by atoms with E-state index in [1.54, 1.807) is 37.3 Å². The largest absolute Gasteiger partial charge is 0.493 e. The first-order valence-electron chi connectivity index (χ1n) is 10.9. The molecule has 4 amide bonds. The van der Waals surface area contributed by atoms with Crippen molar-refractivity contribution in [1.29, 1.82) is 0 Å². The molecular weight excluding hydrogens is 548 g/mol. The average Bonchev–Trinajstić information content (AvgIpc) is 2.84. The van der Waals surface area contributed by atoms with Gasteiger partial charge in [-0.2, -0.15) is 0 Å². The van der Waals surface area contributed by atoms with Crippen LogP contribution in [0, 0.1) is 13.8 Å². The summed E-state index contributed by atoms with van der Waals surface area (Å²) in [6, 6.07) is 15.3. The van der Waals surface area contributed by atoms with Gasteiger partial charge in [0.15, 0.2) is 11.5 Å². The number of nitrogens with one attached hydrogen (secondary N) is 1. The highest BCUT2D eigenvalue weighted by Crippen LogP contribution is 2.38. The molecule has 0 spiro atoms. The number of barbiturate groups is 1. The van der Waals surface area contributed by atoms with Crippen LogP contribution in [-0.2, 0) is 16.2 Å². The van der Waals surface area contributed by atoms with Crippen LogP contribution in [0.1, 0.15) is 22.3 Å². The van der Waals surface area contributed by atoms with E-state index < -0.39 is 17.8 Å². The molecule has 3 aromatic carbocycles. The number of carbonyl (C=O) groups is 3. The average molecular weight is 570 g/mol. The van der Waals surface area contributed by atoms with E-state index in [-0.39, 0.29) is 12.2 Å². The molecule has 1 heterocycles. The fourth-order valence-corrected chi connectivity index (χ4v) is 4.40. The Morgan fingerprint density at radius 1 is 1.03 bits per heavy atom. The SMILES string of the molecule is COc1cc(/C=C2\C(=O)NC(=O)N(c3cc(C)ccc3C)C2=O)cc(Br)c1OCc1ccc(Cl)cc1. The number of hydrogen-bond acceptors (Lipinski definition) is 5. The van der Waals surface area contributed by atoms with Crippen molar-refractivity contribution >= 4 is 57.1 Å². The molecule has 1 aliphatic heterocycles. The quantitative estimate of drug-likeness (QED) is 0.292. The number of nitrogens with zero attached hydrogens (tertiary/aromatic N) is 1. The second-order valence-corrected chi connectivity index (χ2v) is 9.49. The second-order valence-electron chi connectivity index (χ2n) is 8.20. The van der Waals surface area contributed by atoms with E-state index in [9.17, 15) is 14.4 Å². The second kappa shape index (κ2) is 10.6. The highest BCUT2D eigenvalue weighted by molar-refractivity contribution is 9.10. The third-order valence-electron chi connectivity index (χ3n) is 5.57. The number of carbonyl (C=O) groups excluding carboxylic acids is 3. The number of urea groups is 1. The number of hydrogen-bond donors (Lipinski definition) is 1. The van der Waals surface area contributed by atoms with Crippen molar-refractivity contribution in [2.75, 3.05) is 12.0 Å². The Bertz CT molecular complexity index is 1400. The molecule has 1 N–H and O–H groups in total. The van der Waals surface area contributed by atoms with Gasteiger partial charge in [0, 0.05) is 5.02 Å². The van der Waals surface area contributed by atoms with Gasteiger partial charge in [-0.15, -0.1) is 0 Å². The smallest absolute Gasteiger partial charge is 0.335 e. The first-order chi connectivity index (χ1) is 17.2. The number of methoxy groups -OCH3 is 1. The zero-order valence-corrected chi connectivity index (χ0v) is 22.1. The molecule has 3 aromatic rings. The molecule has 0 aromatic heterocycles. The molecular formula is C27H22BrClN2O5. The molecule has 0 saturated carbocycles. The molecule has 0 atom stereocenters. The van der Waals surface area contributed by atoms with Crippen LogP contribution >= 0.6 is 27.5 Å². The van der Waals surface area contributed by atoms with Crippen LogP contribution in [0.4, 0.5) is 10.5 Å². The van der Waals surface area contributed by atoms with Crippen LogP contribution in [-0.4, -0.2) is 25.0 Å². The first kappa shape index (κ1) is 25.5. The minimum absolute atomic E-state index is 0.181. The summed E-state index contributed by atoms with van der Waals surface area (Å²) in [4.78, 5) is 39.5. The summed E-state index contributed by atoms with van der Waals surface area (Å²) in [5.41, 5.74) is 3.26. The maximum Gasteiger partial charge on any atom is 0.335 e. The van der Waals surface area contributed by atoms with E-state index in [1.807, 2.05) is 31.2 Å². The minimum Gasteiger partial charge on any atom is -0.493 e. The molecule has 1 aliphatic rings. The van der Waals surface area contributed by atoms with Gasteiger partial charge < -0.3 is 9.47 Å². The number of ether oxygens (including phenoxy) is 2. The van der Waals surface area contributed by atoms with Crippen molar-refractivity contribution in [3.05, 3.63) is 91.9 Å². The zero-order chi connectivity index (χ0) is 26.0. The molecule has 1 saturated heterocycles. The lowest BCUT2D eigenvalue weighted by molar-refractivity contribution is -0.122. The maximum atomic E-state index is 13.3. The van der Waals surface area contributed by atoms with Gasteiger partial charge in [0.2, 0.25) is 0 Å². The van der Waals surface area contributed by atoms with E-state index in [0.717, 1.165) is 21.6 Å². The fourth-order valence-electron chi connectivity index (χ4n) is 3.70. The van der Waals surface area contributed by atoms with Gasteiger partial charge in [0.1, 0.15) is 12.2 Å². The first-order valence-corrected chi connectivity index (χ1v) is 12.1. The van der Waals surface area contributed by atoms with Gasteiger partial charge in [-0.3, -0.25) is 14.9 Å². The molecule has 0 unspecified atom stereocenters. The number of aryl methyl sites for hydroxylation is 2. The number of imide groups is 2. The Hall–Kier alpha value is -3.62. The van der Waals surface area contributed by atoms with Gasteiger partial charge in [-0.05, 0) is 88.4 Å². The Balaban J connectivity index is 1.66. The Morgan fingerprint density at radius 3 is 2.44 bits per heavy atom. The van der Waals surface area contributed by atoms with E-state index in [1.165, 1.54) is 13.2 Å². The van der Waals surface area contributed by atoms with Gasteiger partial charge in [0.05, 0.1) is 17.3 Å². The summed E-state index contributed by atoms with van der Waals surface area (Å²) >= 11 is 9.43. The van der Waals surface area contributed by atoms with Crippen LogP contribution in [0.5, 0.6) is 11.5 Å². The number of benzene rings is 3. The summed E-state index contributed by atoms with van der Waals surface area (Å²) in [5, 5.41) is 2.89. The van der Waals surface area contributed by atoms with E-state index >= 15 is 0 Å². The van der Waals surface area contributed by atoms with E-state index in [4.69, 9.17) is 21.1 Å². The summed E-state index contributed by atoms with van der Waals surface area (Å²) in [7, 11) is 1.49. The van der Waals surface area contributed by atoms with Crippen molar-refractivity contribution in [3.63, 3.8) is 0 Å². The number of amides is 4. The van der Waals surface area contributed by atoms with E-state index in [2.05, 4.69) is 21.2 Å². The van der Waals surface area contributed by atoms with Gasteiger partial charge in [-0.25, -0.2) is 9.69 Å². The van der Waals surface area contributed by atoms with Crippen molar-refractivity contribution in [1.82, 2.24) is 5.32 Å². The van der Waals surface area contributed by atoms with Gasteiger partial charge >= 0.3 is 6.03 Å². The predicted molar refractivity (Wildman–Crippen MR) is 141 cm³/mol. The van der Waals surface area contributed by atoms with Gasteiger partial charge in [-0.1, -0.05) is 35.9 Å². The molecule has 0 bridgehead atoms. The summed E-state index contributed by atoms with van der Waals surface area (Å²) in [5.74, 6) is -0.627. The monoisotopic (exact) mass is 568 g/mol. The minimum atomic E-state index is -0.791. The van der Waals surface area contributed by atoms with Crippen molar-refractivity contribution in [2.24, 2.45) is 0 Å². The van der Waals surface area contributed by atoms with Crippen LogP contribution in [0.3, 0.4) is 0 Å². The van der Waals surface area contributed by atoms with Crippen LogP contribution in [0.15, 0.2) is 64.6 Å². The molecule has 9 heteroatoms. The van der Waals surface area contributed by atoms with Crippen LogP contribution in [0.2, 0.25) is 5.02 Å². The standard InChI is InChI=1S/C27H22BrClN2O5/c1-15-4-5-16(2)22(10-15)31-26(33)20(25(32)30-27(31)34)11-18-12-21(28)24(23(13-18)35-3)36-14-17-6-8-19(29)9-7-17/h4-13H,14H2,1-3H3,(H,30,32,34)/b20-11+. The molecule has 184 valence electrons. The third-order valence-corrected chi connectivity index (χ3v) is 6.41. The topological polar surface area (TPSA) is 84.9 Å². The van der Waals surface area contributed by atoms with Crippen molar-refractivity contribution < 1.29 is 23.9 Å². The third kappa shape index (κ3) is 5.29. The Labute approximate surface area is 221 Å². The highest BCUT2D eigenvalue weighted by atomic mass is 79.9. The van der Waals surface area contributed by atoms with Gasteiger partial charge in [0.25, 0.3) is 11.8 Å². The normalized spacial score (nSPS) is 14.8.